The number of rotatable bonds is 5. The van der Waals surface area contributed by atoms with Gasteiger partial charge >= 0.3 is 12.1 Å². The number of carbonyl (C=O) groups is 2. The Morgan fingerprint density at radius 1 is 1.07 bits per heavy atom. The summed E-state index contributed by atoms with van der Waals surface area (Å²) in [5.41, 5.74) is 1.15. The largest absolute Gasteiger partial charge is 0.489 e. The second-order valence-corrected chi connectivity index (χ2v) is 8.06. The molecule has 0 aliphatic heterocycles. The van der Waals surface area contributed by atoms with Crippen LogP contribution in [0.5, 0.6) is 5.75 Å². The number of ether oxygens (including phenoxy) is 2. The second-order valence-electron chi connectivity index (χ2n) is 8.06. The van der Waals surface area contributed by atoms with Crippen LogP contribution in [0.15, 0.2) is 54.6 Å². The average Bonchev–Trinajstić information content (AvgIpc) is 3.05. The lowest BCUT2D eigenvalue weighted by Crippen LogP contribution is -2.30. The van der Waals surface area contributed by atoms with Crippen LogP contribution in [0.25, 0.3) is 10.9 Å². The number of benzene rings is 2. The van der Waals surface area contributed by atoms with E-state index in [1.807, 2.05) is 51.1 Å². The van der Waals surface area contributed by atoms with Crippen LogP contribution in [0.4, 0.5) is 4.79 Å². The van der Waals surface area contributed by atoms with Gasteiger partial charge in [-0.25, -0.2) is 14.2 Å². The van der Waals surface area contributed by atoms with E-state index in [4.69, 9.17) is 9.47 Å². The van der Waals surface area contributed by atoms with Crippen molar-refractivity contribution in [1.82, 2.24) is 4.57 Å². The lowest BCUT2D eigenvalue weighted by atomic mass is 9.90. The highest BCUT2D eigenvalue weighted by Crippen LogP contribution is 2.28. The molecule has 0 bridgehead atoms. The molecule has 0 saturated carbocycles. The van der Waals surface area contributed by atoms with Gasteiger partial charge in [-0.3, -0.25) is 0 Å². The van der Waals surface area contributed by atoms with Crippen LogP contribution in [0, 0.1) is 5.41 Å². The highest BCUT2D eigenvalue weighted by molar-refractivity contribution is 6.01. The van der Waals surface area contributed by atoms with E-state index in [0.717, 1.165) is 10.1 Å². The molecular formula is C23H25NO5. The smallest absolute Gasteiger partial charge is 0.416 e. The van der Waals surface area contributed by atoms with Crippen LogP contribution in [-0.2, 0) is 11.3 Å². The highest BCUT2D eigenvalue weighted by atomic mass is 16.5. The van der Waals surface area contributed by atoms with E-state index in [1.165, 1.54) is 6.07 Å². The Balaban J connectivity index is 1.89. The average molecular weight is 395 g/mol. The minimum Gasteiger partial charge on any atom is -0.489 e. The summed E-state index contributed by atoms with van der Waals surface area (Å²) in [5.74, 6) is -0.0790. The number of nitrogens with zero attached hydrogens (tertiary/aromatic N) is 1. The zero-order valence-corrected chi connectivity index (χ0v) is 17.0. The molecule has 0 radical (unpaired) electrons. The van der Waals surface area contributed by atoms with Crippen molar-refractivity contribution in [3.05, 3.63) is 65.9 Å². The fourth-order valence-corrected chi connectivity index (χ4v) is 2.78. The molecule has 3 rings (SSSR count). The van der Waals surface area contributed by atoms with E-state index >= 15 is 0 Å². The number of hydrogen-bond acceptors (Lipinski definition) is 4. The van der Waals surface area contributed by atoms with Crippen LogP contribution < -0.4 is 4.74 Å². The molecule has 0 saturated heterocycles. The monoisotopic (exact) mass is 395 g/mol. The summed E-state index contributed by atoms with van der Waals surface area (Å²) in [6, 6.07) is 16.3. The first kappa shape index (κ1) is 20.5. The van der Waals surface area contributed by atoms with Crippen molar-refractivity contribution in [1.29, 1.82) is 0 Å². The normalized spacial score (nSPS) is 12.6. The first-order valence-electron chi connectivity index (χ1n) is 9.43. The molecule has 1 atom stereocenters. The lowest BCUT2D eigenvalue weighted by molar-refractivity contribution is 0.00382. The van der Waals surface area contributed by atoms with E-state index in [2.05, 4.69) is 0 Å². The number of carboxylic acid groups (broad SMARTS) is 1. The van der Waals surface area contributed by atoms with Crippen molar-refractivity contribution in [3.8, 4) is 5.75 Å². The maximum absolute atomic E-state index is 12.7. The summed E-state index contributed by atoms with van der Waals surface area (Å²) in [7, 11) is 0. The SMILES string of the molecule is CC(OC(=O)c1cc2cc(OCc3ccccc3)ccc2n1C(=O)O)C(C)(C)C. The van der Waals surface area contributed by atoms with Gasteiger partial charge in [0.25, 0.3) is 0 Å². The summed E-state index contributed by atoms with van der Waals surface area (Å²) in [5, 5.41) is 10.2. The molecule has 1 unspecified atom stereocenters. The Morgan fingerprint density at radius 2 is 1.76 bits per heavy atom. The molecule has 0 aliphatic rings. The van der Waals surface area contributed by atoms with Crippen molar-refractivity contribution in [2.75, 3.05) is 0 Å². The zero-order chi connectivity index (χ0) is 21.2. The third-order valence-corrected chi connectivity index (χ3v) is 4.93. The molecule has 0 amide bonds. The molecule has 1 heterocycles. The van der Waals surface area contributed by atoms with Gasteiger partial charge in [0.1, 0.15) is 24.2 Å². The van der Waals surface area contributed by atoms with Crippen molar-refractivity contribution in [3.63, 3.8) is 0 Å². The Bertz CT molecular complexity index is 1030. The predicted molar refractivity (Wildman–Crippen MR) is 110 cm³/mol. The minimum atomic E-state index is -1.24. The van der Waals surface area contributed by atoms with Crippen molar-refractivity contribution in [2.24, 2.45) is 5.41 Å². The summed E-state index contributed by atoms with van der Waals surface area (Å²) in [6.07, 6.45) is -1.62. The van der Waals surface area contributed by atoms with Gasteiger partial charge in [-0.1, -0.05) is 51.1 Å². The fourth-order valence-electron chi connectivity index (χ4n) is 2.78. The van der Waals surface area contributed by atoms with E-state index < -0.39 is 12.1 Å². The summed E-state index contributed by atoms with van der Waals surface area (Å²) < 4.78 is 12.3. The topological polar surface area (TPSA) is 77.8 Å². The molecule has 152 valence electrons. The molecule has 1 N–H and O–H groups in total. The van der Waals surface area contributed by atoms with Crippen molar-refractivity contribution >= 4 is 23.0 Å². The molecule has 29 heavy (non-hydrogen) atoms. The second kappa shape index (κ2) is 7.99. The van der Waals surface area contributed by atoms with Crippen LogP contribution in [0.3, 0.4) is 0 Å². The Morgan fingerprint density at radius 3 is 2.38 bits per heavy atom. The van der Waals surface area contributed by atoms with Crippen molar-refractivity contribution < 1.29 is 24.2 Å². The van der Waals surface area contributed by atoms with Gasteiger partial charge in [0.2, 0.25) is 0 Å². The molecule has 2 aromatic carbocycles. The molecule has 3 aromatic rings. The van der Waals surface area contributed by atoms with Crippen molar-refractivity contribution in [2.45, 2.75) is 40.4 Å². The van der Waals surface area contributed by atoms with E-state index in [9.17, 15) is 14.7 Å². The number of carbonyl (C=O) groups excluding carboxylic acids is 1. The van der Waals surface area contributed by atoms with Gasteiger partial charge in [-0.15, -0.1) is 0 Å². The molecule has 1 aromatic heterocycles. The molecular weight excluding hydrogens is 370 g/mol. The minimum absolute atomic E-state index is 0.0243. The number of hydrogen-bond donors (Lipinski definition) is 1. The first-order valence-corrected chi connectivity index (χ1v) is 9.43. The van der Waals surface area contributed by atoms with Gasteiger partial charge in [0.05, 0.1) is 5.52 Å². The molecule has 0 aliphatic carbocycles. The molecule has 0 spiro atoms. The number of aromatic nitrogens is 1. The van der Waals surface area contributed by atoms with Gasteiger partial charge in [0, 0.05) is 5.39 Å². The maximum Gasteiger partial charge on any atom is 0.416 e. The summed E-state index contributed by atoms with van der Waals surface area (Å²) in [6.45, 7) is 8.04. The lowest BCUT2D eigenvalue weighted by Gasteiger charge is -2.26. The fraction of sp³-hybridized carbons (Fsp3) is 0.304. The Hall–Kier alpha value is -3.28. The predicted octanol–water partition coefficient (Wildman–Crippen LogP) is 5.34. The highest BCUT2D eigenvalue weighted by Gasteiger charge is 2.27. The summed E-state index contributed by atoms with van der Waals surface area (Å²) >= 11 is 0. The van der Waals surface area contributed by atoms with Crippen LogP contribution in [-0.4, -0.2) is 27.8 Å². The van der Waals surface area contributed by atoms with Crippen LogP contribution >= 0.6 is 0 Å². The standard InChI is InChI=1S/C23H25NO5/c1-15(23(2,3)4)29-21(25)20-13-17-12-18(10-11-19(17)24(20)22(26)27)28-14-16-8-6-5-7-9-16/h5-13,15H,14H2,1-4H3,(H,26,27). The molecule has 6 nitrogen and oxygen atoms in total. The third kappa shape index (κ3) is 4.59. The molecule has 6 heteroatoms. The van der Waals surface area contributed by atoms with E-state index in [1.54, 1.807) is 25.1 Å². The quantitative estimate of drug-likeness (QED) is 0.590. The van der Waals surface area contributed by atoms with Crippen LogP contribution in [0.2, 0.25) is 0 Å². The Labute approximate surface area is 169 Å². The van der Waals surface area contributed by atoms with E-state index in [-0.39, 0.29) is 17.2 Å². The third-order valence-electron chi connectivity index (χ3n) is 4.93. The van der Waals surface area contributed by atoms with Gasteiger partial charge in [-0.05, 0) is 42.2 Å². The maximum atomic E-state index is 12.7. The summed E-state index contributed by atoms with van der Waals surface area (Å²) in [4.78, 5) is 24.5. The zero-order valence-electron chi connectivity index (χ0n) is 17.0. The van der Waals surface area contributed by atoms with E-state index in [0.29, 0.717) is 23.3 Å². The Kier molecular flexibility index (Phi) is 5.64. The first-order chi connectivity index (χ1) is 13.7. The van der Waals surface area contributed by atoms with Gasteiger partial charge in [-0.2, -0.15) is 0 Å². The van der Waals surface area contributed by atoms with Gasteiger partial charge < -0.3 is 14.6 Å². The number of esters is 1. The molecule has 0 fully saturated rings. The van der Waals surface area contributed by atoms with Gasteiger partial charge in [0.15, 0.2) is 0 Å². The van der Waals surface area contributed by atoms with Crippen LogP contribution in [0.1, 0.15) is 43.7 Å². The number of fused-ring (bicyclic) bond motifs is 1.